The van der Waals surface area contributed by atoms with Crippen LogP contribution in [0.25, 0.3) is 0 Å². The van der Waals surface area contributed by atoms with Gasteiger partial charge in [0.15, 0.2) is 0 Å². The monoisotopic (exact) mass is 351 g/mol. The predicted octanol–water partition coefficient (Wildman–Crippen LogP) is 3.80. The van der Waals surface area contributed by atoms with Crippen LogP contribution in [0.15, 0.2) is 18.2 Å². The van der Waals surface area contributed by atoms with Gasteiger partial charge in [0.1, 0.15) is 16.9 Å². The molecule has 1 amide bonds. The van der Waals surface area contributed by atoms with Gasteiger partial charge in [-0.2, -0.15) is 0 Å². The average Bonchev–Trinajstić information content (AvgIpc) is 2.61. The van der Waals surface area contributed by atoms with Crippen molar-refractivity contribution in [3.63, 3.8) is 0 Å². The first kappa shape index (κ1) is 21.0. The number of methoxy groups -OCH3 is 1. The molecule has 0 aliphatic carbocycles. The number of esters is 1. The van der Waals surface area contributed by atoms with Crippen molar-refractivity contribution in [1.29, 1.82) is 0 Å². The lowest BCUT2D eigenvalue weighted by atomic mass is 9.98. The molecule has 1 unspecified atom stereocenters. The standard InChI is InChI=1S/C19H29NO5/c1-6-11-19(4,25-12-7-2)18(22)20-14-9-10-16(24-8-3)15(13-14)17(21)23-5/h9-10,13H,6-8,11-12H2,1-5H3,(H,20,22). The number of rotatable bonds is 10. The Morgan fingerprint density at radius 3 is 2.44 bits per heavy atom. The molecule has 6 heteroatoms. The molecule has 25 heavy (non-hydrogen) atoms. The smallest absolute Gasteiger partial charge is 0.341 e. The summed E-state index contributed by atoms with van der Waals surface area (Å²) >= 11 is 0. The van der Waals surface area contributed by atoms with E-state index in [-0.39, 0.29) is 11.5 Å². The first-order valence-corrected chi connectivity index (χ1v) is 8.72. The number of carbonyl (C=O) groups is 2. The highest BCUT2D eigenvalue weighted by Crippen LogP contribution is 2.26. The molecule has 0 radical (unpaired) electrons. The van der Waals surface area contributed by atoms with Crippen molar-refractivity contribution in [2.24, 2.45) is 0 Å². The van der Waals surface area contributed by atoms with Crippen LogP contribution in [0, 0.1) is 0 Å². The number of ether oxygens (including phenoxy) is 3. The molecule has 0 fully saturated rings. The van der Waals surface area contributed by atoms with Gasteiger partial charge < -0.3 is 19.5 Å². The molecule has 1 atom stereocenters. The molecule has 0 bridgehead atoms. The fraction of sp³-hybridized carbons (Fsp3) is 0.579. The molecule has 1 aromatic carbocycles. The highest BCUT2D eigenvalue weighted by Gasteiger charge is 2.33. The van der Waals surface area contributed by atoms with Crippen molar-refractivity contribution in [3.05, 3.63) is 23.8 Å². The lowest BCUT2D eigenvalue weighted by Gasteiger charge is -2.28. The van der Waals surface area contributed by atoms with Gasteiger partial charge in [0, 0.05) is 12.3 Å². The van der Waals surface area contributed by atoms with Crippen molar-refractivity contribution in [1.82, 2.24) is 0 Å². The minimum Gasteiger partial charge on any atom is -0.493 e. The third kappa shape index (κ3) is 5.74. The fourth-order valence-electron chi connectivity index (χ4n) is 2.48. The zero-order valence-corrected chi connectivity index (χ0v) is 15.8. The highest BCUT2D eigenvalue weighted by molar-refractivity contribution is 5.99. The lowest BCUT2D eigenvalue weighted by molar-refractivity contribution is -0.140. The van der Waals surface area contributed by atoms with Crippen LogP contribution in [0.5, 0.6) is 5.75 Å². The third-order valence-corrected chi connectivity index (χ3v) is 3.77. The molecule has 0 aliphatic heterocycles. The van der Waals surface area contributed by atoms with Crippen molar-refractivity contribution in [2.75, 3.05) is 25.6 Å². The highest BCUT2D eigenvalue weighted by atomic mass is 16.5. The van der Waals surface area contributed by atoms with Crippen LogP contribution in [0.1, 0.15) is 57.3 Å². The van der Waals surface area contributed by atoms with E-state index in [0.717, 1.165) is 12.8 Å². The number of carbonyl (C=O) groups excluding carboxylic acids is 2. The van der Waals surface area contributed by atoms with E-state index in [4.69, 9.17) is 14.2 Å². The van der Waals surface area contributed by atoms with Crippen LogP contribution in [0.2, 0.25) is 0 Å². The first-order chi connectivity index (χ1) is 11.9. The summed E-state index contributed by atoms with van der Waals surface area (Å²) in [5, 5.41) is 2.84. The third-order valence-electron chi connectivity index (χ3n) is 3.77. The molecular formula is C19H29NO5. The molecule has 1 rings (SSSR count). The zero-order valence-electron chi connectivity index (χ0n) is 15.8. The Labute approximate surface area is 149 Å². The molecule has 1 N–H and O–H groups in total. The van der Waals surface area contributed by atoms with Crippen LogP contribution in [0.4, 0.5) is 5.69 Å². The number of hydrogen-bond acceptors (Lipinski definition) is 5. The van der Waals surface area contributed by atoms with E-state index in [9.17, 15) is 9.59 Å². The molecule has 0 saturated heterocycles. The van der Waals surface area contributed by atoms with E-state index >= 15 is 0 Å². The number of amides is 1. The largest absolute Gasteiger partial charge is 0.493 e. The van der Waals surface area contributed by atoms with Gasteiger partial charge >= 0.3 is 5.97 Å². The van der Waals surface area contributed by atoms with E-state index in [1.54, 1.807) is 25.1 Å². The Balaban J connectivity index is 3.03. The topological polar surface area (TPSA) is 73.9 Å². The average molecular weight is 351 g/mol. The van der Waals surface area contributed by atoms with Gasteiger partial charge in [-0.25, -0.2) is 4.79 Å². The lowest BCUT2D eigenvalue weighted by Crippen LogP contribution is -2.43. The molecule has 0 aliphatic rings. The van der Waals surface area contributed by atoms with Gasteiger partial charge in [-0.3, -0.25) is 4.79 Å². The Morgan fingerprint density at radius 2 is 1.88 bits per heavy atom. The summed E-state index contributed by atoms with van der Waals surface area (Å²) < 4.78 is 16.0. The molecule has 0 aromatic heterocycles. The van der Waals surface area contributed by atoms with Crippen LogP contribution >= 0.6 is 0 Å². The van der Waals surface area contributed by atoms with Gasteiger partial charge in [-0.05, 0) is 44.9 Å². The van der Waals surface area contributed by atoms with Gasteiger partial charge in [0.05, 0.1) is 13.7 Å². The van der Waals surface area contributed by atoms with Crippen molar-refractivity contribution < 1.29 is 23.8 Å². The molecule has 0 spiro atoms. The molecule has 0 saturated carbocycles. The van der Waals surface area contributed by atoms with Gasteiger partial charge in [0.25, 0.3) is 5.91 Å². The number of benzene rings is 1. The molecule has 0 heterocycles. The Kier molecular flexibility index (Phi) is 8.41. The number of nitrogens with one attached hydrogen (secondary N) is 1. The Bertz CT molecular complexity index is 587. The minimum absolute atomic E-state index is 0.234. The van der Waals surface area contributed by atoms with Crippen LogP contribution in [-0.4, -0.2) is 37.8 Å². The summed E-state index contributed by atoms with van der Waals surface area (Å²) in [4.78, 5) is 24.7. The quantitative estimate of drug-likeness (QED) is 0.649. The summed E-state index contributed by atoms with van der Waals surface area (Å²) in [5.41, 5.74) is -0.139. The summed E-state index contributed by atoms with van der Waals surface area (Å²) in [6.07, 6.45) is 2.27. The van der Waals surface area contributed by atoms with E-state index < -0.39 is 11.6 Å². The second-order valence-electron chi connectivity index (χ2n) is 5.92. The van der Waals surface area contributed by atoms with Crippen LogP contribution in [0.3, 0.4) is 0 Å². The Hall–Kier alpha value is -2.08. The van der Waals surface area contributed by atoms with Crippen molar-refractivity contribution in [3.8, 4) is 5.75 Å². The molecule has 140 valence electrons. The van der Waals surface area contributed by atoms with Gasteiger partial charge in [-0.1, -0.05) is 20.3 Å². The van der Waals surface area contributed by atoms with E-state index in [0.29, 0.717) is 31.1 Å². The number of anilines is 1. The molecule has 1 aromatic rings. The van der Waals surface area contributed by atoms with E-state index in [2.05, 4.69) is 5.32 Å². The minimum atomic E-state index is -0.908. The van der Waals surface area contributed by atoms with E-state index in [1.807, 2.05) is 20.8 Å². The summed E-state index contributed by atoms with van der Waals surface area (Å²) in [7, 11) is 1.31. The fourth-order valence-corrected chi connectivity index (χ4v) is 2.48. The van der Waals surface area contributed by atoms with E-state index in [1.165, 1.54) is 7.11 Å². The van der Waals surface area contributed by atoms with Crippen LogP contribution in [-0.2, 0) is 14.3 Å². The SMILES string of the molecule is CCCOC(C)(CCC)C(=O)Nc1ccc(OCC)c(C(=O)OC)c1. The van der Waals surface area contributed by atoms with Gasteiger partial charge in [-0.15, -0.1) is 0 Å². The maximum Gasteiger partial charge on any atom is 0.341 e. The molecule has 6 nitrogen and oxygen atoms in total. The second-order valence-corrected chi connectivity index (χ2v) is 5.92. The normalized spacial score (nSPS) is 13.0. The van der Waals surface area contributed by atoms with Gasteiger partial charge in [0.2, 0.25) is 0 Å². The maximum absolute atomic E-state index is 12.7. The zero-order chi connectivity index (χ0) is 18.9. The van der Waals surface area contributed by atoms with Crippen molar-refractivity contribution >= 4 is 17.6 Å². The first-order valence-electron chi connectivity index (χ1n) is 8.72. The second kappa shape index (κ2) is 10.0. The number of hydrogen-bond donors (Lipinski definition) is 1. The summed E-state index contributed by atoms with van der Waals surface area (Å²) in [6.45, 7) is 8.57. The van der Waals surface area contributed by atoms with Crippen LogP contribution < -0.4 is 10.1 Å². The molecular weight excluding hydrogens is 322 g/mol. The van der Waals surface area contributed by atoms with Crippen molar-refractivity contribution in [2.45, 2.75) is 52.6 Å². The Morgan fingerprint density at radius 1 is 1.16 bits per heavy atom. The summed E-state index contributed by atoms with van der Waals surface area (Å²) in [5.74, 6) is -0.327. The summed E-state index contributed by atoms with van der Waals surface area (Å²) in [6, 6.07) is 4.90. The predicted molar refractivity (Wildman–Crippen MR) is 97.1 cm³/mol. The maximum atomic E-state index is 12.7.